The second kappa shape index (κ2) is 7.22. The van der Waals surface area contributed by atoms with Crippen molar-refractivity contribution in [2.75, 3.05) is 7.11 Å². The molecule has 20 heavy (non-hydrogen) atoms. The lowest BCUT2D eigenvalue weighted by molar-refractivity contribution is 0.185. The second-order valence-electron chi connectivity index (χ2n) is 5.35. The van der Waals surface area contributed by atoms with Crippen LogP contribution in [0.25, 0.3) is 0 Å². The normalized spacial score (nSPS) is 10.8. The maximum atomic E-state index is 5.11. The standard InChI is InChI=1S/C18H23NO/c1-14-8-15(2)10-18(9-14)12-19-11-16-4-6-17(7-5-16)13-20-3/h4-10,19H,11-13H2,1-3H3. The third-order valence-electron chi connectivity index (χ3n) is 3.27. The molecule has 0 aliphatic heterocycles. The molecule has 2 nitrogen and oxygen atoms in total. The molecule has 2 aromatic rings. The number of methoxy groups -OCH3 is 1. The lowest BCUT2D eigenvalue weighted by Crippen LogP contribution is -2.12. The first kappa shape index (κ1) is 14.8. The van der Waals surface area contributed by atoms with E-state index in [-0.39, 0.29) is 0 Å². The van der Waals surface area contributed by atoms with Crippen LogP contribution in [0.15, 0.2) is 42.5 Å². The minimum absolute atomic E-state index is 0.677. The molecule has 0 saturated heterocycles. The summed E-state index contributed by atoms with van der Waals surface area (Å²) >= 11 is 0. The summed E-state index contributed by atoms with van der Waals surface area (Å²) < 4.78 is 5.11. The molecule has 0 radical (unpaired) electrons. The van der Waals surface area contributed by atoms with Crippen LogP contribution < -0.4 is 5.32 Å². The first-order valence-corrected chi connectivity index (χ1v) is 7.02. The average molecular weight is 269 g/mol. The maximum absolute atomic E-state index is 5.11. The van der Waals surface area contributed by atoms with Gasteiger partial charge in [0.25, 0.3) is 0 Å². The molecule has 0 fully saturated rings. The molecule has 0 unspecified atom stereocenters. The zero-order chi connectivity index (χ0) is 14.4. The number of hydrogen-bond donors (Lipinski definition) is 1. The van der Waals surface area contributed by atoms with E-state index in [4.69, 9.17) is 4.74 Å². The van der Waals surface area contributed by atoms with E-state index in [1.165, 1.54) is 27.8 Å². The third-order valence-corrected chi connectivity index (χ3v) is 3.27. The third kappa shape index (κ3) is 4.48. The highest BCUT2D eigenvalue weighted by atomic mass is 16.5. The van der Waals surface area contributed by atoms with Gasteiger partial charge in [-0.1, -0.05) is 53.6 Å². The van der Waals surface area contributed by atoms with Gasteiger partial charge in [0.2, 0.25) is 0 Å². The van der Waals surface area contributed by atoms with Crippen molar-refractivity contribution >= 4 is 0 Å². The Kier molecular flexibility index (Phi) is 5.33. The van der Waals surface area contributed by atoms with Gasteiger partial charge in [-0.25, -0.2) is 0 Å². The maximum Gasteiger partial charge on any atom is 0.0713 e. The molecule has 106 valence electrons. The molecular formula is C18H23NO. The van der Waals surface area contributed by atoms with Gasteiger partial charge in [-0.2, -0.15) is 0 Å². The van der Waals surface area contributed by atoms with Crippen molar-refractivity contribution in [3.8, 4) is 0 Å². The van der Waals surface area contributed by atoms with E-state index >= 15 is 0 Å². The Morgan fingerprint density at radius 2 is 1.35 bits per heavy atom. The van der Waals surface area contributed by atoms with Crippen molar-refractivity contribution in [1.82, 2.24) is 5.32 Å². The summed E-state index contributed by atoms with van der Waals surface area (Å²) in [4.78, 5) is 0. The molecule has 0 bridgehead atoms. The van der Waals surface area contributed by atoms with Gasteiger partial charge in [0.15, 0.2) is 0 Å². The molecule has 0 atom stereocenters. The van der Waals surface area contributed by atoms with Gasteiger partial charge in [0, 0.05) is 20.2 Å². The molecular weight excluding hydrogens is 246 g/mol. The Morgan fingerprint density at radius 3 is 1.95 bits per heavy atom. The van der Waals surface area contributed by atoms with Crippen LogP contribution in [0.3, 0.4) is 0 Å². The van der Waals surface area contributed by atoms with Crippen molar-refractivity contribution in [3.63, 3.8) is 0 Å². The van der Waals surface area contributed by atoms with Gasteiger partial charge in [-0.15, -0.1) is 0 Å². The molecule has 2 heteroatoms. The van der Waals surface area contributed by atoms with E-state index in [2.05, 4.69) is 61.6 Å². The Hall–Kier alpha value is -1.64. The molecule has 0 amide bonds. The summed E-state index contributed by atoms with van der Waals surface area (Å²) in [6, 6.07) is 15.2. The predicted octanol–water partition coefficient (Wildman–Crippen LogP) is 3.74. The van der Waals surface area contributed by atoms with Crippen LogP contribution in [0.5, 0.6) is 0 Å². The van der Waals surface area contributed by atoms with Gasteiger partial charge >= 0.3 is 0 Å². The van der Waals surface area contributed by atoms with Crippen molar-refractivity contribution in [2.24, 2.45) is 0 Å². The fourth-order valence-electron chi connectivity index (χ4n) is 2.44. The fraction of sp³-hybridized carbons (Fsp3) is 0.333. The molecule has 1 N–H and O–H groups in total. The number of ether oxygens (including phenoxy) is 1. The number of rotatable bonds is 6. The van der Waals surface area contributed by atoms with Crippen LogP contribution in [0.4, 0.5) is 0 Å². The van der Waals surface area contributed by atoms with Crippen LogP contribution in [-0.2, 0) is 24.4 Å². The van der Waals surface area contributed by atoms with Crippen LogP contribution in [0.2, 0.25) is 0 Å². The lowest BCUT2D eigenvalue weighted by Gasteiger charge is -2.08. The van der Waals surface area contributed by atoms with E-state index in [1.54, 1.807) is 7.11 Å². The van der Waals surface area contributed by atoms with E-state index in [0.717, 1.165) is 13.1 Å². The van der Waals surface area contributed by atoms with Gasteiger partial charge < -0.3 is 10.1 Å². The summed E-state index contributed by atoms with van der Waals surface area (Å²) in [7, 11) is 1.72. The van der Waals surface area contributed by atoms with E-state index in [9.17, 15) is 0 Å². The van der Waals surface area contributed by atoms with Gasteiger partial charge in [0.1, 0.15) is 0 Å². The lowest BCUT2D eigenvalue weighted by atomic mass is 10.1. The van der Waals surface area contributed by atoms with E-state index in [1.807, 2.05) is 0 Å². The topological polar surface area (TPSA) is 21.3 Å². The van der Waals surface area contributed by atoms with Gasteiger partial charge in [0.05, 0.1) is 6.61 Å². The van der Waals surface area contributed by atoms with Crippen molar-refractivity contribution in [1.29, 1.82) is 0 Å². The highest BCUT2D eigenvalue weighted by molar-refractivity contribution is 5.28. The van der Waals surface area contributed by atoms with Crippen LogP contribution in [-0.4, -0.2) is 7.11 Å². The molecule has 0 heterocycles. The highest BCUT2D eigenvalue weighted by Crippen LogP contribution is 2.09. The van der Waals surface area contributed by atoms with Crippen LogP contribution >= 0.6 is 0 Å². The van der Waals surface area contributed by atoms with Crippen LogP contribution in [0.1, 0.15) is 27.8 Å². The second-order valence-corrected chi connectivity index (χ2v) is 5.35. The minimum atomic E-state index is 0.677. The Labute approximate surface area is 121 Å². The molecule has 0 aliphatic rings. The Balaban J connectivity index is 1.86. The first-order chi connectivity index (χ1) is 9.67. The predicted molar refractivity (Wildman–Crippen MR) is 83.6 cm³/mol. The molecule has 2 aromatic carbocycles. The first-order valence-electron chi connectivity index (χ1n) is 7.02. The van der Waals surface area contributed by atoms with Crippen LogP contribution in [0, 0.1) is 13.8 Å². The number of hydrogen-bond acceptors (Lipinski definition) is 2. The minimum Gasteiger partial charge on any atom is -0.380 e. The van der Waals surface area contributed by atoms with Crippen molar-refractivity contribution in [2.45, 2.75) is 33.5 Å². The molecule has 2 rings (SSSR count). The quantitative estimate of drug-likeness (QED) is 0.862. The zero-order valence-electron chi connectivity index (χ0n) is 12.6. The Morgan fingerprint density at radius 1 is 0.800 bits per heavy atom. The van der Waals surface area contributed by atoms with Gasteiger partial charge in [-0.3, -0.25) is 0 Å². The monoisotopic (exact) mass is 269 g/mol. The summed E-state index contributed by atoms with van der Waals surface area (Å²) in [6.45, 7) is 6.76. The molecule has 0 saturated carbocycles. The molecule has 0 aliphatic carbocycles. The highest BCUT2D eigenvalue weighted by Gasteiger charge is 1.98. The number of benzene rings is 2. The number of aryl methyl sites for hydroxylation is 2. The summed E-state index contributed by atoms with van der Waals surface area (Å²) in [5, 5.41) is 3.49. The van der Waals surface area contributed by atoms with Gasteiger partial charge in [-0.05, 0) is 30.5 Å². The summed E-state index contributed by atoms with van der Waals surface area (Å²) in [6.07, 6.45) is 0. The Bertz CT molecular complexity index is 526. The number of nitrogens with one attached hydrogen (secondary N) is 1. The molecule has 0 spiro atoms. The van der Waals surface area contributed by atoms with Crippen molar-refractivity contribution < 1.29 is 4.74 Å². The average Bonchev–Trinajstić information content (AvgIpc) is 2.40. The molecule has 0 aromatic heterocycles. The summed E-state index contributed by atoms with van der Waals surface area (Å²) in [5.74, 6) is 0. The smallest absolute Gasteiger partial charge is 0.0713 e. The van der Waals surface area contributed by atoms with Crippen molar-refractivity contribution in [3.05, 3.63) is 70.3 Å². The summed E-state index contributed by atoms with van der Waals surface area (Å²) in [5.41, 5.74) is 6.51. The van der Waals surface area contributed by atoms with E-state index in [0.29, 0.717) is 6.61 Å². The zero-order valence-corrected chi connectivity index (χ0v) is 12.6. The van der Waals surface area contributed by atoms with E-state index < -0.39 is 0 Å². The largest absolute Gasteiger partial charge is 0.380 e. The SMILES string of the molecule is COCc1ccc(CNCc2cc(C)cc(C)c2)cc1. The fourth-order valence-corrected chi connectivity index (χ4v) is 2.44.